The minimum atomic E-state index is -2.07. The van der Waals surface area contributed by atoms with Crippen LogP contribution in [0.15, 0.2) is 40.9 Å². The van der Waals surface area contributed by atoms with E-state index in [4.69, 9.17) is 0 Å². The molecule has 0 aromatic heterocycles. The first kappa shape index (κ1) is 19.3. The zero-order chi connectivity index (χ0) is 20.4. The maximum atomic E-state index is 14.4. The Hall–Kier alpha value is -2.05. The molecule has 1 amide bonds. The number of nitrogens with zero attached hydrogens (tertiary/aromatic N) is 1. The molecule has 0 bridgehead atoms. The number of hydrogen-bond donors (Lipinski definition) is 1. The summed E-state index contributed by atoms with van der Waals surface area (Å²) >= 11 is 3.32. The average molecular weight is 446 g/mol. The van der Waals surface area contributed by atoms with E-state index in [-0.39, 0.29) is 17.3 Å². The van der Waals surface area contributed by atoms with Crippen molar-refractivity contribution in [2.45, 2.75) is 50.7 Å². The van der Waals surface area contributed by atoms with E-state index in [0.717, 1.165) is 4.47 Å². The number of hydrogen-bond acceptors (Lipinski definition) is 3. The van der Waals surface area contributed by atoms with E-state index >= 15 is 0 Å². The van der Waals surface area contributed by atoms with Gasteiger partial charge in [0, 0.05) is 21.1 Å². The largest absolute Gasteiger partial charge is 0.375 e. The predicted octanol–water partition coefficient (Wildman–Crippen LogP) is 4.68. The molecule has 1 N–H and O–H groups in total. The van der Waals surface area contributed by atoms with E-state index in [1.807, 2.05) is 20.8 Å². The summed E-state index contributed by atoms with van der Waals surface area (Å²) < 4.78 is 15.2. The van der Waals surface area contributed by atoms with Crippen LogP contribution in [0, 0.1) is 5.82 Å². The molecule has 146 valence electrons. The fourth-order valence-corrected chi connectivity index (χ4v) is 4.90. The zero-order valence-electron chi connectivity index (χ0n) is 15.9. The molecular weight excluding hydrogens is 425 g/mol. The van der Waals surface area contributed by atoms with Gasteiger partial charge in [-0.05, 0) is 56.0 Å². The zero-order valence-corrected chi connectivity index (χ0v) is 17.5. The maximum absolute atomic E-state index is 14.4. The number of carbonyl (C=O) groups is 2. The monoisotopic (exact) mass is 445 g/mol. The van der Waals surface area contributed by atoms with Gasteiger partial charge in [-0.25, -0.2) is 4.39 Å². The van der Waals surface area contributed by atoms with Crippen molar-refractivity contribution in [3.05, 3.63) is 63.4 Å². The third-order valence-electron chi connectivity index (χ3n) is 5.85. The number of halogens is 2. The molecule has 0 spiro atoms. The first-order chi connectivity index (χ1) is 13.0. The average Bonchev–Trinajstić information content (AvgIpc) is 2.82. The number of ketones is 1. The van der Waals surface area contributed by atoms with Crippen LogP contribution in [0.5, 0.6) is 0 Å². The summed E-state index contributed by atoms with van der Waals surface area (Å²) in [6.45, 7) is 5.85. The Bertz CT molecular complexity index is 1000. The van der Waals surface area contributed by atoms with Gasteiger partial charge in [-0.1, -0.05) is 35.0 Å². The number of Topliss-reactive ketones (excluding diaryl/α,β-unsaturated/α-hetero) is 1. The Balaban J connectivity index is 1.83. The van der Waals surface area contributed by atoms with E-state index in [1.165, 1.54) is 12.1 Å². The summed E-state index contributed by atoms with van der Waals surface area (Å²) in [5.74, 6) is -1.40. The van der Waals surface area contributed by atoms with Crippen LogP contribution >= 0.6 is 15.9 Å². The van der Waals surface area contributed by atoms with Gasteiger partial charge in [0.2, 0.25) is 0 Å². The molecule has 0 saturated heterocycles. The van der Waals surface area contributed by atoms with Crippen molar-refractivity contribution in [3.8, 4) is 0 Å². The fourth-order valence-electron chi connectivity index (χ4n) is 4.63. The number of aliphatic hydroxyl groups is 1. The standard InChI is InChI=1S/C22H21BrFNO3/c1-12-10-21(2,3)25-19-16(12)8-15(24)9-17(19)22(28,20(25)27)11-18(26)13-4-6-14(23)7-5-13/h4-9,12,28H,10-11H2,1-3H3. The molecule has 0 saturated carbocycles. The summed E-state index contributed by atoms with van der Waals surface area (Å²) in [4.78, 5) is 27.7. The summed E-state index contributed by atoms with van der Waals surface area (Å²) in [5, 5.41) is 11.4. The molecule has 0 aliphatic carbocycles. The van der Waals surface area contributed by atoms with Crippen molar-refractivity contribution < 1.29 is 19.1 Å². The Morgan fingerprint density at radius 1 is 1.29 bits per heavy atom. The Morgan fingerprint density at radius 2 is 1.93 bits per heavy atom. The molecule has 6 heteroatoms. The van der Waals surface area contributed by atoms with Crippen molar-refractivity contribution in [1.29, 1.82) is 0 Å². The van der Waals surface area contributed by atoms with Gasteiger partial charge in [-0.15, -0.1) is 0 Å². The third kappa shape index (κ3) is 2.73. The highest BCUT2D eigenvalue weighted by Gasteiger charge is 2.57. The molecule has 0 radical (unpaired) electrons. The van der Waals surface area contributed by atoms with Crippen LogP contribution in [0.25, 0.3) is 0 Å². The lowest BCUT2D eigenvalue weighted by Gasteiger charge is -2.44. The smallest absolute Gasteiger partial charge is 0.264 e. The summed E-state index contributed by atoms with van der Waals surface area (Å²) in [7, 11) is 0. The fraction of sp³-hybridized carbons (Fsp3) is 0.364. The van der Waals surface area contributed by atoms with Gasteiger partial charge in [0.05, 0.1) is 12.1 Å². The van der Waals surface area contributed by atoms with E-state index < -0.39 is 29.3 Å². The van der Waals surface area contributed by atoms with E-state index in [2.05, 4.69) is 15.9 Å². The lowest BCUT2D eigenvalue weighted by molar-refractivity contribution is -0.137. The van der Waals surface area contributed by atoms with Crippen LogP contribution < -0.4 is 4.90 Å². The molecule has 2 heterocycles. The van der Waals surface area contributed by atoms with Crippen molar-refractivity contribution in [2.75, 3.05) is 4.90 Å². The number of benzene rings is 2. The van der Waals surface area contributed by atoms with Crippen LogP contribution in [0.1, 0.15) is 61.0 Å². The second-order valence-corrected chi connectivity index (χ2v) is 9.33. The second-order valence-electron chi connectivity index (χ2n) is 8.42. The predicted molar refractivity (Wildman–Crippen MR) is 108 cm³/mol. The first-order valence-electron chi connectivity index (χ1n) is 9.24. The van der Waals surface area contributed by atoms with Gasteiger partial charge in [-0.2, -0.15) is 0 Å². The lowest BCUT2D eigenvalue weighted by atomic mass is 9.80. The molecule has 4 rings (SSSR count). The molecule has 0 fully saturated rings. The highest BCUT2D eigenvalue weighted by molar-refractivity contribution is 9.10. The minimum absolute atomic E-state index is 0.0352. The molecule has 2 aromatic rings. The first-order valence-corrected chi connectivity index (χ1v) is 10.0. The minimum Gasteiger partial charge on any atom is -0.375 e. The second kappa shape index (κ2) is 6.22. The van der Waals surface area contributed by atoms with Gasteiger partial charge >= 0.3 is 0 Å². The normalized spacial score (nSPS) is 25.0. The van der Waals surface area contributed by atoms with E-state index in [9.17, 15) is 19.1 Å². The van der Waals surface area contributed by atoms with Crippen molar-refractivity contribution in [3.63, 3.8) is 0 Å². The van der Waals surface area contributed by atoms with Crippen molar-refractivity contribution in [2.24, 2.45) is 0 Å². The van der Waals surface area contributed by atoms with Gasteiger partial charge in [0.25, 0.3) is 5.91 Å². The van der Waals surface area contributed by atoms with E-state index in [1.54, 1.807) is 29.2 Å². The molecule has 2 aromatic carbocycles. The Kier molecular flexibility index (Phi) is 4.28. The molecule has 2 aliphatic rings. The molecular formula is C22H21BrFNO3. The number of carbonyl (C=O) groups excluding carboxylic acids is 2. The SMILES string of the molecule is CC1CC(C)(C)N2C(=O)C(O)(CC(=O)c3ccc(Br)cc3)c3cc(F)cc1c32. The summed E-state index contributed by atoms with van der Waals surface area (Å²) in [5.41, 5.74) is -0.768. The highest BCUT2D eigenvalue weighted by Crippen LogP contribution is 2.54. The highest BCUT2D eigenvalue weighted by atomic mass is 79.9. The van der Waals surface area contributed by atoms with Gasteiger partial charge in [0.15, 0.2) is 11.4 Å². The van der Waals surface area contributed by atoms with Crippen LogP contribution in [-0.4, -0.2) is 22.3 Å². The lowest BCUT2D eigenvalue weighted by Crippen LogP contribution is -2.53. The van der Waals surface area contributed by atoms with Gasteiger partial charge in [-0.3, -0.25) is 9.59 Å². The van der Waals surface area contributed by atoms with Crippen LogP contribution in [0.4, 0.5) is 10.1 Å². The van der Waals surface area contributed by atoms with Gasteiger partial charge in [0.1, 0.15) is 5.82 Å². The maximum Gasteiger partial charge on any atom is 0.264 e. The summed E-state index contributed by atoms with van der Waals surface area (Å²) in [6, 6.07) is 9.35. The molecule has 28 heavy (non-hydrogen) atoms. The number of amides is 1. The topological polar surface area (TPSA) is 57.6 Å². The molecule has 2 atom stereocenters. The van der Waals surface area contributed by atoms with Crippen LogP contribution in [-0.2, 0) is 10.4 Å². The van der Waals surface area contributed by atoms with E-state index in [0.29, 0.717) is 23.2 Å². The molecule has 4 nitrogen and oxygen atoms in total. The molecule has 2 unspecified atom stereocenters. The number of rotatable bonds is 3. The third-order valence-corrected chi connectivity index (χ3v) is 6.38. The number of anilines is 1. The van der Waals surface area contributed by atoms with Crippen LogP contribution in [0.2, 0.25) is 0 Å². The van der Waals surface area contributed by atoms with Crippen molar-refractivity contribution >= 4 is 33.3 Å². The molecule has 2 aliphatic heterocycles. The summed E-state index contributed by atoms with van der Waals surface area (Å²) in [6.07, 6.45) is 0.218. The quantitative estimate of drug-likeness (QED) is 0.697. The van der Waals surface area contributed by atoms with Crippen LogP contribution in [0.3, 0.4) is 0 Å². The Labute approximate surface area is 171 Å². The van der Waals surface area contributed by atoms with Gasteiger partial charge < -0.3 is 10.0 Å². The van der Waals surface area contributed by atoms with Crippen molar-refractivity contribution in [1.82, 2.24) is 0 Å². The Morgan fingerprint density at radius 3 is 2.57 bits per heavy atom.